The van der Waals surface area contributed by atoms with E-state index < -0.39 is 17.6 Å². The summed E-state index contributed by atoms with van der Waals surface area (Å²) in [5.74, 6) is -0.0633. The average Bonchev–Trinajstić information content (AvgIpc) is 3.20. The van der Waals surface area contributed by atoms with Crippen molar-refractivity contribution in [2.75, 3.05) is 18.5 Å². The Kier molecular flexibility index (Phi) is 6.63. The first kappa shape index (κ1) is 25.1. The molecule has 0 amide bonds. The topological polar surface area (TPSA) is 113 Å². The quantitative estimate of drug-likeness (QED) is 0.525. The Morgan fingerprint density at radius 3 is 2.80 bits per heavy atom. The zero-order chi connectivity index (χ0) is 25.5. The fourth-order valence-electron chi connectivity index (χ4n) is 4.00. The van der Waals surface area contributed by atoms with Gasteiger partial charge in [0, 0.05) is 29.8 Å². The first-order valence-electron chi connectivity index (χ1n) is 11.6. The van der Waals surface area contributed by atoms with Crippen LogP contribution >= 0.6 is 11.6 Å². The van der Waals surface area contributed by atoms with Crippen molar-refractivity contribution in [3.8, 4) is 11.3 Å². The summed E-state index contributed by atoms with van der Waals surface area (Å²) in [5, 5.41) is 8.06. The van der Waals surface area contributed by atoms with E-state index in [4.69, 9.17) is 21.1 Å². The summed E-state index contributed by atoms with van der Waals surface area (Å²) in [5.41, 5.74) is 0.255. The van der Waals surface area contributed by atoms with Gasteiger partial charge in [-0.15, -0.1) is 0 Å². The van der Waals surface area contributed by atoms with Crippen LogP contribution in [0.25, 0.3) is 16.8 Å². The zero-order valence-electron chi connectivity index (χ0n) is 20.8. The number of hydrogen-bond acceptors (Lipinski definition) is 8. The molecule has 1 saturated heterocycles. The van der Waals surface area contributed by atoms with Gasteiger partial charge >= 0.3 is 5.97 Å². The lowest BCUT2D eigenvalue weighted by Crippen LogP contribution is -2.44. The van der Waals surface area contributed by atoms with Gasteiger partial charge in [0.1, 0.15) is 23.5 Å². The van der Waals surface area contributed by atoms with Gasteiger partial charge in [-0.2, -0.15) is 5.10 Å². The van der Waals surface area contributed by atoms with Crippen LogP contribution in [0.3, 0.4) is 0 Å². The summed E-state index contributed by atoms with van der Waals surface area (Å²) in [6.45, 7) is 12.5. The number of hydrogen-bond donors (Lipinski definition) is 1. The van der Waals surface area contributed by atoms with Gasteiger partial charge in [0.15, 0.2) is 0 Å². The molecule has 3 aromatic heterocycles. The summed E-state index contributed by atoms with van der Waals surface area (Å²) >= 11 is 6.43. The van der Waals surface area contributed by atoms with E-state index in [1.165, 1.54) is 21.6 Å². The van der Waals surface area contributed by atoms with Gasteiger partial charge in [-0.25, -0.2) is 19.3 Å². The van der Waals surface area contributed by atoms with Crippen molar-refractivity contribution in [2.45, 2.75) is 65.6 Å². The van der Waals surface area contributed by atoms with Gasteiger partial charge in [-0.05, 0) is 40.2 Å². The predicted octanol–water partition coefficient (Wildman–Crippen LogP) is 3.74. The maximum atomic E-state index is 13.2. The number of nitrogens with zero attached hydrogens (tertiary/aromatic N) is 5. The van der Waals surface area contributed by atoms with Gasteiger partial charge in [0.25, 0.3) is 5.56 Å². The molecule has 4 rings (SSSR count). The Morgan fingerprint density at radius 1 is 1.37 bits per heavy atom. The first-order valence-corrected chi connectivity index (χ1v) is 11.9. The molecule has 0 spiro atoms. The van der Waals surface area contributed by atoms with Crippen LogP contribution in [0.2, 0.25) is 5.02 Å². The zero-order valence-corrected chi connectivity index (χ0v) is 21.6. The van der Waals surface area contributed by atoms with Crippen molar-refractivity contribution >= 4 is 29.0 Å². The lowest BCUT2D eigenvalue weighted by atomic mass is 9.82. The second-order valence-corrected chi connectivity index (χ2v) is 10.9. The number of anilines is 1. The second kappa shape index (κ2) is 9.23. The van der Waals surface area contributed by atoms with Crippen LogP contribution in [-0.2, 0) is 14.3 Å². The summed E-state index contributed by atoms with van der Waals surface area (Å²) in [7, 11) is 0. The van der Waals surface area contributed by atoms with E-state index in [0.29, 0.717) is 35.4 Å². The van der Waals surface area contributed by atoms with E-state index in [1.54, 1.807) is 40.0 Å². The largest absolute Gasteiger partial charge is 0.458 e. The van der Waals surface area contributed by atoms with E-state index in [0.717, 1.165) is 6.42 Å². The Hall–Kier alpha value is -2.98. The van der Waals surface area contributed by atoms with Crippen LogP contribution in [0, 0.1) is 5.41 Å². The van der Waals surface area contributed by atoms with Crippen molar-refractivity contribution in [2.24, 2.45) is 5.41 Å². The Bertz CT molecular complexity index is 1310. The minimum absolute atomic E-state index is 0.0773. The Labute approximate surface area is 208 Å². The Balaban J connectivity index is 1.65. The number of aromatic nitrogens is 5. The van der Waals surface area contributed by atoms with Crippen LogP contribution in [0.4, 0.5) is 5.95 Å². The maximum absolute atomic E-state index is 13.2. The number of halogens is 1. The highest BCUT2D eigenvalue weighted by Gasteiger charge is 2.33. The summed E-state index contributed by atoms with van der Waals surface area (Å²) in [6, 6.07) is 0.963. The number of carbonyl (C=O) groups excluding carboxylic acids is 1. The molecule has 3 aromatic rings. The van der Waals surface area contributed by atoms with Crippen LogP contribution in [0.1, 0.15) is 54.0 Å². The normalized spacial score (nSPS) is 18.9. The van der Waals surface area contributed by atoms with E-state index in [9.17, 15) is 9.59 Å². The number of nitrogens with one attached hydrogen (secondary N) is 1. The predicted molar refractivity (Wildman–Crippen MR) is 133 cm³/mol. The minimum atomic E-state index is -0.834. The van der Waals surface area contributed by atoms with Crippen molar-refractivity contribution in [3.63, 3.8) is 0 Å². The molecule has 1 unspecified atom stereocenters. The van der Waals surface area contributed by atoms with Crippen molar-refractivity contribution < 1.29 is 14.3 Å². The summed E-state index contributed by atoms with van der Waals surface area (Å²) in [6.07, 6.45) is 5.38. The highest BCUT2D eigenvalue weighted by Crippen LogP contribution is 2.31. The number of esters is 1. The molecule has 1 aliphatic heterocycles. The summed E-state index contributed by atoms with van der Waals surface area (Å²) < 4.78 is 13.7. The number of ether oxygens (including phenoxy) is 2. The van der Waals surface area contributed by atoms with Crippen molar-refractivity contribution in [1.82, 2.24) is 24.1 Å². The SMILES string of the molecule is CC(C(=O)OC(C)(C)C)n1cnn2cc(-c3nc(N[C@@H]4CCOCC4(C)C)ncc3Cl)cc2c1=O. The third-order valence-electron chi connectivity index (χ3n) is 6.01. The smallest absolute Gasteiger partial charge is 0.329 e. The molecule has 0 aromatic carbocycles. The van der Waals surface area contributed by atoms with Crippen LogP contribution in [0.5, 0.6) is 0 Å². The van der Waals surface area contributed by atoms with E-state index >= 15 is 0 Å². The van der Waals surface area contributed by atoms with E-state index in [-0.39, 0.29) is 22.5 Å². The molecule has 0 radical (unpaired) electrons. The second-order valence-electron chi connectivity index (χ2n) is 10.5. The first-order chi connectivity index (χ1) is 16.4. The number of carbonyl (C=O) groups is 1. The molecule has 35 heavy (non-hydrogen) atoms. The van der Waals surface area contributed by atoms with Gasteiger partial charge in [0.05, 0.1) is 23.5 Å². The molecule has 0 bridgehead atoms. The van der Waals surface area contributed by atoms with E-state index in [1.807, 2.05) is 0 Å². The molecule has 0 aliphatic carbocycles. The molecule has 10 nitrogen and oxygen atoms in total. The standard InChI is InChI=1S/C24H31ClN6O4/c1-14(21(33)35-23(2,3)4)30-13-27-31-11-15(9-17(31)20(30)32)19-16(25)10-26-22(29-19)28-18-7-8-34-12-24(18,5)6/h9-11,13-14,18H,7-8,12H2,1-6H3,(H,26,28,29)/t14?,18-/m1/s1. The van der Waals surface area contributed by atoms with Crippen LogP contribution in [0.15, 0.2) is 29.6 Å². The molecular formula is C24H31ClN6O4. The molecule has 0 saturated carbocycles. The molecule has 1 fully saturated rings. The number of fused-ring (bicyclic) bond motifs is 1. The molecule has 4 heterocycles. The lowest BCUT2D eigenvalue weighted by molar-refractivity contribution is -0.158. The highest BCUT2D eigenvalue weighted by atomic mass is 35.5. The average molecular weight is 503 g/mol. The monoisotopic (exact) mass is 502 g/mol. The van der Waals surface area contributed by atoms with Crippen molar-refractivity contribution in [3.05, 3.63) is 40.2 Å². The minimum Gasteiger partial charge on any atom is -0.458 e. The molecule has 1 aliphatic rings. The molecule has 188 valence electrons. The molecule has 1 N–H and O–H groups in total. The van der Waals surface area contributed by atoms with Crippen LogP contribution < -0.4 is 10.9 Å². The van der Waals surface area contributed by atoms with E-state index in [2.05, 4.69) is 34.2 Å². The highest BCUT2D eigenvalue weighted by molar-refractivity contribution is 6.32. The van der Waals surface area contributed by atoms with Crippen molar-refractivity contribution in [1.29, 1.82) is 0 Å². The summed E-state index contributed by atoms with van der Waals surface area (Å²) in [4.78, 5) is 34.7. The van der Waals surface area contributed by atoms with Gasteiger partial charge in [0.2, 0.25) is 5.95 Å². The third kappa shape index (κ3) is 5.33. The fourth-order valence-corrected chi connectivity index (χ4v) is 4.20. The third-order valence-corrected chi connectivity index (χ3v) is 6.29. The van der Waals surface area contributed by atoms with Crippen LogP contribution in [-0.4, -0.2) is 55.0 Å². The van der Waals surface area contributed by atoms with Gasteiger partial charge in [-0.1, -0.05) is 25.4 Å². The lowest BCUT2D eigenvalue weighted by Gasteiger charge is -2.38. The van der Waals surface area contributed by atoms with Gasteiger partial charge < -0.3 is 14.8 Å². The Morgan fingerprint density at radius 2 is 2.11 bits per heavy atom. The molecule has 11 heteroatoms. The van der Waals surface area contributed by atoms with Gasteiger partial charge in [-0.3, -0.25) is 9.36 Å². The molecule has 2 atom stereocenters. The molecular weight excluding hydrogens is 472 g/mol. The number of rotatable bonds is 5. The fraction of sp³-hybridized carbons (Fsp3) is 0.542. The maximum Gasteiger partial charge on any atom is 0.329 e.